The van der Waals surface area contributed by atoms with Crippen molar-refractivity contribution in [3.63, 3.8) is 0 Å². The van der Waals surface area contributed by atoms with Gasteiger partial charge in [0.1, 0.15) is 12.1 Å². The van der Waals surface area contributed by atoms with E-state index in [4.69, 9.17) is 14.9 Å². The molecule has 1 aliphatic heterocycles. The van der Waals surface area contributed by atoms with Gasteiger partial charge < -0.3 is 30.5 Å². The topological polar surface area (TPSA) is 137 Å². The van der Waals surface area contributed by atoms with E-state index < -0.39 is 24.5 Å². The number of para-hydroxylation sites is 1. The Kier molecular flexibility index (Phi) is 7.91. The normalized spacial score (nSPS) is 19.0. The van der Waals surface area contributed by atoms with Gasteiger partial charge in [0.15, 0.2) is 12.1 Å². The summed E-state index contributed by atoms with van der Waals surface area (Å²) in [5.41, 5.74) is 1.85. The first-order valence-corrected chi connectivity index (χ1v) is 10.5. The second kappa shape index (κ2) is 10.8. The van der Waals surface area contributed by atoms with Crippen molar-refractivity contribution in [2.75, 3.05) is 6.61 Å². The van der Waals surface area contributed by atoms with Crippen LogP contribution in [0.5, 0.6) is 0 Å². The number of aromatic nitrogens is 1. The molecule has 1 aromatic carbocycles. The maximum Gasteiger partial charge on any atom is 0.243 e. The van der Waals surface area contributed by atoms with Crippen LogP contribution in [0.25, 0.3) is 10.9 Å². The van der Waals surface area contributed by atoms with Crippen LogP contribution in [0.1, 0.15) is 25.3 Å². The molecule has 1 fully saturated rings. The molecule has 0 spiro atoms. The van der Waals surface area contributed by atoms with Gasteiger partial charge >= 0.3 is 0 Å². The van der Waals surface area contributed by atoms with Crippen molar-refractivity contribution in [3.8, 4) is 0 Å². The molecule has 4 atom stereocenters. The minimum absolute atomic E-state index is 0.0930. The maximum atomic E-state index is 13.1. The molecule has 0 radical (unpaired) electrons. The van der Waals surface area contributed by atoms with E-state index in [-0.39, 0.29) is 24.0 Å². The highest BCUT2D eigenvalue weighted by Crippen LogP contribution is 2.29. The predicted octanol–water partition coefficient (Wildman–Crippen LogP) is 1.63. The number of benzene rings is 1. The SMILES string of the molecule is C=CCOC1OC1[C@H](CCC(=O)C=N)NC(=O)[C@H](Cc1c[nH]c2ccccc12)NC(C)=O. The lowest BCUT2D eigenvalue weighted by molar-refractivity contribution is -0.128. The van der Waals surface area contributed by atoms with E-state index in [9.17, 15) is 14.4 Å². The monoisotopic (exact) mass is 440 g/mol. The zero-order valence-corrected chi connectivity index (χ0v) is 17.9. The number of nitrogens with one attached hydrogen (secondary N) is 4. The smallest absolute Gasteiger partial charge is 0.243 e. The quantitative estimate of drug-likeness (QED) is 0.213. The Morgan fingerprint density at radius 3 is 2.81 bits per heavy atom. The van der Waals surface area contributed by atoms with Gasteiger partial charge in [0.25, 0.3) is 0 Å². The Hall–Kier alpha value is -3.30. The molecule has 1 aliphatic rings. The molecule has 2 amide bonds. The molecule has 0 bridgehead atoms. The molecular weight excluding hydrogens is 412 g/mol. The van der Waals surface area contributed by atoms with Crippen molar-refractivity contribution >= 4 is 34.7 Å². The number of epoxide rings is 1. The van der Waals surface area contributed by atoms with E-state index in [2.05, 4.69) is 22.2 Å². The molecule has 2 aromatic rings. The summed E-state index contributed by atoms with van der Waals surface area (Å²) in [7, 11) is 0. The second-order valence-electron chi connectivity index (χ2n) is 7.67. The van der Waals surface area contributed by atoms with Gasteiger partial charge in [-0.05, 0) is 18.1 Å². The lowest BCUT2D eigenvalue weighted by Crippen LogP contribution is -2.51. The first kappa shape index (κ1) is 23.4. The van der Waals surface area contributed by atoms with Crippen LogP contribution >= 0.6 is 0 Å². The summed E-state index contributed by atoms with van der Waals surface area (Å²) >= 11 is 0. The number of amides is 2. The van der Waals surface area contributed by atoms with Crippen molar-refractivity contribution < 1.29 is 23.9 Å². The van der Waals surface area contributed by atoms with Crippen molar-refractivity contribution in [1.29, 1.82) is 5.41 Å². The predicted molar refractivity (Wildman–Crippen MR) is 119 cm³/mol. The van der Waals surface area contributed by atoms with Crippen molar-refractivity contribution in [1.82, 2.24) is 15.6 Å². The molecule has 1 saturated heterocycles. The number of Topliss-reactive ketones (excluding diaryl/α,β-unsaturated/α-hetero) is 1. The van der Waals surface area contributed by atoms with Gasteiger partial charge in [-0.2, -0.15) is 0 Å². The summed E-state index contributed by atoms with van der Waals surface area (Å²) in [6.07, 6.45) is 3.95. The minimum Gasteiger partial charge on any atom is -0.361 e. The highest BCUT2D eigenvalue weighted by Gasteiger charge is 2.47. The van der Waals surface area contributed by atoms with Gasteiger partial charge in [0, 0.05) is 36.9 Å². The van der Waals surface area contributed by atoms with E-state index in [0.717, 1.165) is 22.7 Å². The Labute approximate surface area is 186 Å². The number of carbonyl (C=O) groups excluding carboxylic acids is 3. The highest BCUT2D eigenvalue weighted by atomic mass is 16.8. The van der Waals surface area contributed by atoms with Crippen molar-refractivity contribution in [2.45, 2.75) is 50.7 Å². The molecule has 1 aromatic heterocycles. The van der Waals surface area contributed by atoms with Crippen molar-refractivity contribution in [3.05, 3.63) is 48.7 Å². The lowest BCUT2D eigenvalue weighted by Gasteiger charge is -2.22. The minimum atomic E-state index is -0.807. The summed E-state index contributed by atoms with van der Waals surface area (Å²) < 4.78 is 11.0. The van der Waals surface area contributed by atoms with Gasteiger partial charge in [-0.3, -0.25) is 14.4 Å². The highest BCUT2D eigenvalue weighted by molar-refractivity contribution is 6.26. The Balaban J connectivity index is 1.72. The second-order valence-corrected chi connectivity index (χ2v) is 7.67. The Morgan fingerprint density at radius 1 is 1.31 bits per heavy atom. The average Bonchev–Trinajstić information content (AvgIpc) is 3.45. The molecule has 3 rings (SSSR count). The van der Waals surface area contributed by atoms with Crippen LogP contribution in [0.2, 0.25) is 0 Å². The van der Waals surface area contributed by atoms with Crippen LogP contribution in [-0.2, 0) is 30.3 Å². The zero-order valence-electron chi connectivity index (χ0n) is 17.9. The molecule has 9 heteroatoms. The molecule has 9 nitrogen and oxygen atoms in total. The number of ether oxygens (including phenoxy) is 2. The van der Waals surface area contributed by atoms with Gasteiger partial charge in [0.2, 0.25) is 11.8 Å². The van der Waals surface area contributed by atoms with Crippen LogP contribution < -0.4 is 10.6 Å². The van der Waals surface area contributed by atoms with E-state index >= 15 is 0 Å². The fourth-order valence-electron chi connectivity index (χ4n) is 3.64. The van der Waals surface area contributed by atoms with E-state index in [1.54, 1.807) is 6.08 Å². The van der Waals surface area contributed by atoms with E-state index in [1.807, 2.05) is 30.5 Å². The number of ketones is 1. The van der Waals surface area contributed by atoms with Crippen LogP contribution in [0, 0.1) is 5.41 Å². The molecule has 4 N–H and O–H groups in total. The molecule has 0 saturated carbocycles. The fraction of sp³-hybridized carbons (Fsp3) is 0.391. The van der Waals surface area contributed by atoms with Gasteiger partial charge in [-0.15, -0.1) is 6.58 Å². The molecule has 0 aliphatic carbocycles. The maximum absolute atomic E-state index is 13.1. The first-order chi connectivity index (χ1) is 15.4. The van der Waals surface area contributed by atoms with Gasteiger partial charge in [0.05, 0.1) is 18.9 Å². The summed E-state index contributed by atoms with van der Waals surface area (Å²) in [6, 6.07) is 6.42. The number of carbonyl (C=O) groups is 3. The molecular formula is C23H28N4O5. The third-order valence-corrected chi connectivity index (χ3v) is 5.24. The van der Waals surface area contributed by atoms with Gasteiger partial charge in [-0.25, -0.2) is 0 Å². The molecule has 170 valence electrons. The van der Waals surface area contributed by atoms with Crippen LogP contribution in [0.4, 0.5) is 0 Å². The largest absolute Gasteiger partial charge is 0.361 e. The molecule has 2 heterocycles. The van der Waals surface area contributed by atoms with Crippen LogP contribution in [-0.4, -0.2) is 59.9 Å². The summed E-state index contributed by atoms with van der Waals surface area (Å²) in [6.45, 7) is 5.26. The fourth-order valence-corrected chi connectivity index (χ4v) is 3.64. The van der Waals surface area contributed by atoms with E-state index in [0.29, 0.717) is 19.4 Å². The Bertz CT molecular complexity index is 1000. The van der Waals surface area contributed by atoms with Crippen LogP contribution in [0.15, 0.2) is 43.1 Å². The Morgan fingerprint density at radius 2 is 2.09 bits per heavy atom. The first-order valence-electron chi connectivity index (χ1n) is 10.5. The third-order valence-electron chi connectivity index (χ3n) is 5.24. The third kappa shape index (κ3) is 6.12. The molecule has 32 heavy (non-hydrogen) atoms. The summed E-state index contributed by atoms with van der Waals surface area (Å²) in [5.74, 6) is -1.04. The number of hydrogen-bond acceptors (Lipinski definition) is 6. The standard InChI is InChI=1S/C23H28N4O5/c1-3-10-31-23-21(32-23)19(9-8-16(29)12-24)27-22(30)20(26-14(2)28)11-15-13-25-18-7-5-4-6-17(15)18/h3-7,12-13,19-21,23-25H,1,8-11H2,2H3,(H,26,28)(H,27,30)/t19-,20-,21?,23?/m0/s1. The average molecular weight is 441 g/mol. The van der Waals surface area contributed by atoms with Gasteiger partial charge in [-0.1, -0.05) is 24.3 Å². The van der Waals surface area contributed by atoms with Crippen LogP contribution in [0.3, 0.4) is 0 Å². The lowest BCUT2D eigenvalue weighted by atomic mass is 10.0. The summed E-state index contributed by atoms with van der Waals surface area (Å²) in [4.78, 5) is 39.7. The number of aromatic amines is 1. The van der Waals surface area contributed by atoms with E-state index in [1.165, 1.54) is 6.92 Å². The number of H-pyrrole nitrogens is 1. The number of fused-ring (bicyclic) bond motifs is 1. The number of hydrogen-bond donors (Lipinski definition) is 4. The zero-order chi connectivity index (χ0) is 23.1. The number of rotatable bonds is 13. The van der Waals surface area contributed by atoms with Crippen molar-refractivity contribution in [2.24, 2.45) is 0 Å². The summed E-state index contributed by atoms with van der Waals surface area (Å²) in [5, 5.41) is 13.7. The molecule has 2 unspecified atom stereocenters.